The second kappa shape index (κ2) is 10.6. The summed E-state index contributed by atoms with van der Waals surface area (Å²) in [6.45, 7) is -2.70. The van der Waals surface area contributed by atoms with E-state index in [4.69, 9.17) is 0 Å². The van der Waals surface area contributed by atoms with Gasteiger partial charge in [-0.05, 0) is 42.0 Å². The molecule has 0 spiro atoms. The van der Waals surface area contributed by atoms with Crippen molar-refractivity contribution in [3.8, 4) is 22.7 Å². The molecule has 0 atom stereocenters. The van der Waals surface area contributed by atoms with E-state index in [1.807, 2.05) is 30.3 Å². The molecule has 4 aromatic rings. The van der Waals surface area contributed by atoms with Crippen LogP contribution in [-0.4, -0.2) is 27.2 Å². The van der Waals surface area contributed by atoms with Gasteiger partial charge in [-0.15, -0.1) is 0 Å². The normalized spacial score (nSPS) is 10.8. The first-order valence-electron chi connectivity index (χ1n) is 10.6. The van der Waals surface area contributed by atoms with Crippen molar-refractivity contribution in [2.75, 3.05) is 0 Å². The second-order valence-electron chi connectivity index (χ2n) is 7.56. The summed E-state index contributed by atoms with van der Waals surface area (Å²) in [5.41, 5.74) is 3.29. The van der Waals surface area contributed by atoms with E-state index in [0.717, 1.165) is 11.3 Å². The van der Waals surface area contributed by atoms with Gasteiger partial charge in [-0.3, -0.25) is 14.9 Å². The van der Waals surface area contributed by atoms with Crippen molar-refractivity contribution in [2.45, 2.75) is 19.6 Å². The summed E-state index contributed by atoms with van der Waals surface area (Å²) in [7, 11) is 0. The SMILES string of the molecule is O=C(Cc1cn(-c2ccccc2)nc1-c1ccc([N+](=O)[O-])cc1)NCc1ccc(OC(F)F)cc1. The number of ether oxygens (including phenoxy) is 1. The van der Waals surface area contributed by atoms with E-state index in [1.165, 1.54) is 24.3 Å². The average Bonchev–Trinajstić information content (AvgIpc) is 3.27. The highest BCUT2D eigenvalue weighted by Crippen LogP contribution is 2.26. The van der Waals surface area contributed by atoms with Gasteiger partial charge in [-0.25, -0.2) is 4.68 Å². The van der Waals surface area contributed by atoms with Crippen molar-refractivity contribution >= 4 is 11.6 Å². The fourth-order valence-corrected chi connectivity index (χ4v) is 3.46. The van der Waals surface area contributed by atoms with E-state index in [2.05, 4.69) is 15.2 Å². The van der Waals surface area contributed by atoms with Crippen molar-refractivity contribution in [3.05, 3.63) is 106 Å². The fraction of sp³-hybridized carbons (Fsp3) is 0.120. The van der Waals surface area contributed by atoms with E-state index in [0.29, 0.717) is 16.8 Å². The maximum atomic E-state index is 12.7. The van der Waals surface area contributed by atoms with Gasteiger partial charge in [0.25, 0.3) is 5.69 Å². The molecule has 0 aliphatic rings. The number of nitrogens with one attached hydrogen (secondary N) is 1. The monoisotopic (exact) mass is 478 g/mol. The summed E-state index contributed by atoms with van der Waals surface area (Å²) in [5, 5.41) is 18.4. The van der Waals surface area contributed by atoms with E-state index in [-0.39, 0.29) is 30.3 Å². The Kier molecular flexibility index (Phi) is 7.10. The summed E-state index contributed by atoms with van der Waals surface area (Å²) < 4.78 is 30.5. The Labute approximate surface area is 198 Å². The van der Waals surface area contributed by atoms with Crippen molar-refractivity contribution < 1.29 is 23.2 Å². The van der Waals surface area contributed by atoms with Crippen LogP contribution < -0.4 is 10.1 Å². The number of benzene rings is 3. The van der Waals surface area contributed by atoms with E-state index in [9.17, 15) is 23.7 Å². The van der Waals surface area contributed by atoms with Crippen molar-refractivity contribution in [1.82, 2.24) is 15.1 Å². The Morgan fingerprint density at radius 1 is 1.03 bits per heavy atom. The first kappa shape index (κ1) is 23.6. The minimum Gasteiger partial charge on any atom is -0.435 e. The van der Waals surface area contributed by atoms with Gasteiger partial charge < -0.3 is 10.1 Å². The Morgan fingerprint density at radius 3 is 2.34 bits per heavy atom. The van der Waals surface area contributed by atoms with Crippen molar-refractivity contribution in [2.24, 2.45) is 0 Å². The first-order valence-corrected chi connectivity index (χ1v) is 10.6. The van der Waals surface area contributed by atoms with E-state index in [1.54, 1.807) is 35.1 Å². The van der Waals surface area contributed by atoms with Gasteiger partial charge in [0, 0.05) is 36.0 Å². The van der Waals surface area contributed by atoms with Crippen LogP contribution in [0.2, 0.25) is 0 Å². The van der Waals surface area contributed by atoms with Crippen LogP contribution in [0.25, 0.3) is 16.9 Å². The van der Waals surface area contributed by atoms with Crippen LogP contribution in [-0.2, 0) is 17.8 Å². The number of para-hydroxylation sites is 1. The molecule has 0 fully saturated rings. The lowest BCUT2D eigenvalue weighted by Crippen LogP contribution is -2.24. The zero-order valence-electron chi connectivity index (χ0n) is 18.3. The van der Waals surface area contributed by atoms with Crippen LogP contribution in [0.3, 0.4) is 0 Å². The number of nitrogens with zero attached hydrogens (tertiary/aromatic N) is 3. The lowest BCUT2D eigenvalue weighted by Gasteiger charge is -2.08. The molecular weight excluding hydrogens is 458 g/mol. The quantitative estimate of drug-likeness (QED) is 0.272. The molecule has 10 heteroatoms. The third-order valence-electron chi connectivity index (χ3n) is 5.15. The number of hydrogen-bond donors (Lipinski definition) is 1. The summed E-state index contributed by atoms with van der Waals surface area (Å²) in [6, 6.07) is 21.3. The number of amides is 1. The first-order chi connectivity index (χ1) is 16.9. The van der Waals surface area contributed by atoms with E-state index >= 15 is 0 Å². The predicted octanol–water partition coefficient (Wildman–Crippen LogP) is 4.91. The second-order valence-corrected chi connectivity index (χ2v) is 7.56. The number of nitro benzene ring substituents is 1. The van der Waals surface area contributed by atoms with Crippen molar-refractivity contribution in [1.29, 1.82) is 0 Å². The number of alkyl halides is 2. The number of rotatable bonds is 9. The van der Waals surface area contributed by atoms with Crippen LogP contribution in [0.15, 0.2) is 85.1 Å². The van der Waals surface area contributed by atoms with Gasteiger partial charge in [0.1, 0.15) is 5.75 Å². The summed E-state index contributed by atoms with van der Waals surface area (Å²) in [6.07, 6.45) is 1.77. The molecule has 0 radical (unpaired) electrons. The highest BCUT2D eigenvalue weighted by Gasteiger charge is 2.17. The van der Waals surface area contributed by atoms with Gasteiger partial charge in [0.05, 0.1) is 22.7 Å². The van der Waals surface area contributed by atoms with Gasteiger partial charge in [0.15, 0.2) is 0 Å². The summed E-state index contributed by atoms with van der Waals surface area (Å²) in [4.78, 5) is 23.2. The molecule has 1 aromatic heterocycles. The molecule has 0 saturated heterocycles. The highest BCUT2D eigenvalue weighted by molar-refractivity contribution is 5.81. The molecule has 4 rings (SSSR count). The number of hydrogen-bond acceptors (Lipinski definition) is 5. The minimum atomic E-state index is -2.90. The van der Waals surface area contributed by atoms with Crippen LogP contribution in [0.4, 0.5) is 14.5 Å². The largest absolute Gasteiger partial charge is 0.435 e. The maximum absolute atomic E-state index is 12.7. The van der Waals surface area contributed by atoms with E-state index < -0.39 is 11.5 Å². The van der Waals surface area contributed by atoms with Gasteiger partial charge in [-0.1, -0.05) is 30.3 Å². The summed E-state index contributed by atoms with van der Waals surface area (Å²) >= 11 is 0. The minimum absolute atomic E-state index is 0.0196. The fourth-order valence-electron chi connectivity index (χ4n) is 3.46. The molecule has 35 heavy (non-hydrogen) atoms. The zero-order valence-corrected chi connectivity index (χ0v) is 18.3. The number of aromatic nitrogens is 2. The molecule has 1 heterocycles. The van der Waals surface area contributed by atoms with Gasteiger partial charge in [-0.2, -0.15) is 13.9 Å². The number of halogens is 2. The van der Waals surface area contributed by atoms with Gasteiger partial charge in [0.2, 0.25) is 5.91 Å². The predicted molar refractivity (Wildman–Crippen MR) is 124 cm³/mol. The third kappa shape index (κ3) is 6.05. The molecule has 178 valence electrons. The molecule has 0 saturated carbocycles. The number of carbonyl (C=O) groups excluding carboxylic acids is 1. The molecule has 0 aliphatic carbocycles. The molecule has 0 aliphatic heterocycles. The number of nitro groups is 1. The number of carbonyl (C=O) groups is 1. The highest BCUT2D eigenvalue weighted by atomic mass is 19.3. The standard InChI is InChI=1S/C25H20F2N4O4/c26-25(27)35-22-12-6-17(7-13-22)15-28-23(32)14-19-16-30(20-4-2-1-3-5-20)29-24(19)18-8-10-21(11-9-18)31(33)34/h1-13,16,25H,14-15H2,(H,28,32). The molecular formula is C25H20F2N4O4. The Bertz CT molecular complexity index is 1310. The molecule has 8 nitrogen and oxygen atoms in total. The molecule has 1 N–H and O–H groups in total. The Hall–Kier alpha value is -4.60. The third-order valence-corrected chi connectivity index (χ3v) is 5.15. The topological polar surface area (TPSA) is 99.3 Å². The van der Waals surface area contributed by atoms with Crippen LogP contribution in [0, 0.1) is 10.1 Å². The smallest absolute Gasteiger partial charge is 0.387 e. The van der Waals surface area contributed by atoms with Crippen molar-refractivity contribution in [3.63, 3.8) is 0 Å². The molecule has 3 aromatic carbocycles. The maximum Gasteiger partial charge on any atom is 0.387 e. The van der Waals surface area contributed by atoms with Crippen LogP contribution >= 0.6 is 0 Å². The lowest BCUT2D eigenvalue weighted by atomic mass is 10.1. The average molecular weight is 478 g/mol. The molecule has 1 amide bonds. The zero-order chi connectivity index (χ0) is 24.8. The van der Waals surface area contributed by atoms with Crippen LogP contribution in [0.1, 0.15) is 11.1 Å². The molecule has 0 bridgehead atoms. The molecule has 0 unspecified atom stereocenters. The van der Waals surface area contributed by atoms with Crippen LogP contribution in [0.5, 0.6) is 5.75 Å². The van der Waals surface area contributed by atoms with Gasteiger partial charge >= 0.3 is 6.61 Å². The Balaban J connectivity index is 1.51. The number of non-ortho nitro benzene ring substituents is 1. The lowest BCUT2D eigenvalue weighted by molar-refractivity contribution is -0.384. The summed E-state index contributed by atoms with van der Waals surface area (Å²) in [5.74, 6) is -0.232. The Morgan fingerprint density at radius 2 is 1.71 bits per heavy atom.